The molecule has 1 heterocycles. The molecular formula is C12H11ClN2. The van der Waals surface area contributed by atoms with E-state index in [0.29, 0.717) is 0 Å². The molecule has 3 heteroatoms. The number of hydrogen-bond donors (Lipinski definition) is 0. The minimum atomic E-state index is 0.766. The van der Waals surface area contributed by atoms with Gasteiger partial charge in [-0.05, 0) is 17.7 Å². The Kier molecular flexibility index (Phi) is 3.20. The van der Waals surface area contributed by atoms with E-state index in [9.17, 15) is 0 Å². The van der Waals surface area contributed by atoms with Gasteiger partial charge >= 0.3 is 0 Å². The molecule has 0 N–H and O–H groups in total. The fourth-order valence-corrected chi connectivity index (χ4v) is 1.41. The smallest absolute Gasteiger partial charge is 0.0948 e. The Morgan fingerprint density at radius 3 is 2.73 bits per heavy atom. The molecule has 1 aromatic carbocycles. The first-order valence-electron chi connectivity index (χ1n) is 4.72. The van der Waals surface area contributed by atoms with E-state index >= 15 is 0 Å². The second kappa shape index (κ2) is 4.80. The van der Waals surface area contributed by atoms with Crippen LogP contribution in [0.3, 0.4) is 0 Å². The lowest BCUT2D eigenvalue weighted by molar-refractivity contribution is 0.823. The highest BCUT2D eigenvalue weighted by molar-refractivity contribution is 6.30. The fraction of sp³-hybridized carbons (Fsp3) is 0.0833. The Bertz CT molecular complexity index is 429. The summed E-state index contributed by atoms with van der Waals surface area (Å²) in [6.45, 7) is 0.836. The van der Waals surface area contributed by atoms with Crippen LogP contribution >= 0.6 is 11.6 Å². The van der Waals surface area contributed by atoms with Crippen LogP contribution in [0.1, 0.15) is 5.56 Å². The van der Waals surface area contributed by atoms with Gasteiger partial charge in [-0.3, -0.25) is 0 Å². The van der Waals surface area contributed by atoms with Crippen LogP contribution < -0.4 is 0 Å². The molecule has 0 atom stereocenters. The van der Waals surface area contributed by atoms with Gasteiger partial charge in [-0.25, -0.2) is 4.98 Å². The molecule has 2 nitrogen and oxygen atoms in total. The van der Waals surface area contributed by atoms with Crippen LogP contribution in [0.4, 0.5) is 0 Å². The standard InChI is InChI=1S/C12H11ClN2/c13-12-5-3-11(4-6-12)2-1-8-15-9-7-14-10-15/h1-7,9-10H,8H2. The molecule has 0 spiro atoms. The molecule has 0 bridgehead atoms. The van der Waals surface area contributed by atoms with Gasteiger partial charge in [-0.2, -0.15) is 0 Å². The Morgan fingerprint density at radius 1 is 1.27 bits per heavy atom. The van der Waals surface area contributed by atoms with Crippen molar-refractivity contribution in [3.8, 4) is 0 Å². The molecular weight excluding hydrogens is 208 g/mol. The molecule has 2 aromatic rings. The van der Waals surface area contributed by atoms with E-state index in [4.69, 9.17) is 11.6 Å². The fourth-order valence-electron chi connectivity index (χ4n) is 1.28. The Morgan fingerprint density at radius 2 is 2.07 bits per heavy atom. The summed E-state index contributed by atoms with van der Waals surface area (Å²) in [6.07, 6.45) is 9.66. The van der Waals surface area contributed by atoms with Crippen LogP contribution in [0.5, 0.6) is 0 Å². The summed E-state index contributed by atoms with van der Waals surface area (Å²) in [5.41, 5.74) is 1.15. The summed E-state index contributed by atoms with van der Waals surface area (Å²) in [5, 5.41) is 0.766. The molecule has 0 saturated heterocycles. The topological polar surface area (TPSA) is 17.8 Å². The lowest BCUT2D eigenvalue weighted by Gasteiger charge is -1.95. The van der Waals surface area contributed by atoms with Gasteiger partial charge in [0.05, 0.1) is 6.33 Å². The molecule has 0 unspecified atom stereocenters. The van der Waals surface area contributed by atoms with Crippen LogP contribution in [-0.4, -0.2) is 9.55 Å². The predicted molar refractivity (Wildman–Crippen MR) is 62.7 cm³/mol. The van der Waals surface area contributed by atoms with Crippen LogP contribution in [0.2, 0.25) is 5.02 Å². The molecule has 0 amide bonds. The van der Waals surface area contributed by atoms with Crippen molar-refractivity contribution in [2.45, 2.75) is 6.54 Å². The highest BCUT2D eigenvalue weighted by Gasteiger charge is 1.88. The summed E-state index contributed by atoms with van der Waals surface area (Å²) in [4.78, 5) is 3.97. The third-order valence-corrected chi connectivity index (χ3v) is 2.31. The van der Waals surface area contributed by atoms with Gasteiger partial charge in [0.15, 0.2) is 0 Å². The first kappa shape index (κ1) is 9.99. The Hall–Kier alpha value is -1.54. The Balaban J connectivity index is 1.97. The van der Waals surface area contributed by atoms with Crippen molar-refractivity contribution in [3.05, 3.63) is 59.6 Å². The zero-order valence-electron chi connectivity index (χ0n) is 8.18. The number of hydrogen-bond acceptors (Lipinski definition) is 1. The van der Waals surface area contributed by atoms with E-state index in [1.54, 1.807) is 12.5 Å². The van der Waals surface area contributed by atoms with Crippen molar-refractivity contribution < 1.29 is 0 Å². The molecule has 0 radical (unpaired) electrons. The third kappa shape index (κ3) is 2.96. The maximum Gasteiger partial charge on any atom is 0.0948 e. The number of halogens is 1. The molecule has 0 saturated carbocycles. The quantitative estimate of drug-likeness (QED) is 0.774. The first-order chi connectivity index (χ1) is 7.34. The average molecular weight is 219 g/mol. The van der Waals surface area contributed by atoms with Gasteiger partial charge in [0, 0.05) is 24.0 Å². The molecule has 0 aliphatic heterocycles. The highest BCUT2D eigenvalue weighted by Crippen LogP contribution is 2.10. The summed E-state index contributed by atoms with van der Waals surface area (Å²) in [5.74, 6) is 0. The van der Waals surface area contributed by atoms with E-state index in [1.807, 2.05) is 35.0 Å². The van der Waals surface area contributed by atoms with E-state index in [0.717, 1.165) is 17.1 Å². The molecule has 0 fully saturated rings. The number of benzene rings is 1. The van der Waals surface area contributed by atoms with Crippen LogP contribution in [0, 0.1) is 0 Å². The van der Waals surface area contributed by atoms with Crippen LogP contribution in [0.25, 0.3) is 6.08 Å². The maximum atomic E-state index is 5.79. The van der Waals surface area contributed by atoms with Crippen molar-refractivity contribution >= 4 is 17.7 Å². The van der Waals surface area contributed by atoms with Crippen molar-refractivity contribution in [1.82, 2.24) is 9.55 Å². The summed E-state index contributed by atoms with van der Waals surface area (Å²) < 4.78 is 2.01. The largest absolute Gasteiger partial charge is 0.334 e. The average Bonchev–Trinajstić information content (AvgIpc) is 2.74. The van der Waals surface area contributed by atoms with E-state index < -0.39 is 0 Å². The summed E-state index contributed by atoms with van der Waals surface area (Å²) >= 11 is 5.79. The molecule has 0 aliphatic rings. The zero-order valence-corrected chi connectivity index (χ0v) is 8.93. The number of allylic oxidation sites excluding steroid dienone is 1. The van der Waals surface area contributed by atoms with E-state index in [2.05, 4.69) is 17.1 Å². The van der Waals surface area contributed by atoms with Crippen molar-refractivity contribution in [3.63, 3.8) is 0 Å². The third-order valence-electron chi connectivity index (χ3n) is 2.06. The minimum Gasteiger partial charge on any atom is -0.334 e. The van der Waals surface area contributed by atoms with Gasteiger partial charge in [-0.1, -0.05) is 35.9 Å². The monoisotopic (exact) mass is 218 g/mol. The molecule has 15 heavy (non-hydrogen) atoms. The summed E-state index contributed by atoms with van der Waals surface area (Å²) in [7, 11) is 0. The predicted octanol–water partition coefficient (Wildman–Crippen LogP) is 3.25. The zero-order chi connectivity index (χ0) is 10.5. The van der Waals surface area contributed by atoms with Crippen molar-refractivity contribution in [2.75, 3.05) is 0 Å². The normalized spacial score (nSPS) is 11.0. The van der Waals surface area contributed by atoms with Gasteiger partial charge in [0.1, 0.15) is 0 Å². The lowest BCUT2D eigenvalue weighted by atomic mass is 10.2. The van der Waals surface area contributed by atoms with Gasteiger partial charge in [-0.15, -0.1) is 0 Å². The second-order valence-electron chi connectivity index (χ2n) is 3.21. The van der Waals surface area contributed by atoms with Crippen LogP contribution in [-0.2, 0) is 6.54 Å². The molecule has 1 aromatic heterocycles. The first-order valence-corrected chi connectivity index (χ1v) is 5.10. The summed E-state index contributed by atoms with van der Waals surface area (Å²) in [6, 6.07) is 7.76. The van der Waals surface area contributed by atoms with Crippen molar-refractivity contribution in [1.29, 1.82) is 0 Å². The number of imidazole rings is 1. The number of rotatable bonds is 3. The number of aromatic nitrogens is 2. The highest BCUT2D eigenvalue weighted by atomic mass is 35.5. The van der Waals surface area contributed by atoms with E-state index in [-0.39, 0.29) is 0 Å². The van der Waals surface area contributed by atoms with Gasteiger partial charge in [0.25, 0.3) is 0 Å². The molecule has 0 aliphatic carbocycles. The maximum absolute atomic E-state index is 5.79. The number of nitrogens with zero attached hydrogens (tertiary/aromatic N) is 2. The molecule has 76 valence electrons. The SMILES string of the molecule is Clc1ccc(C=CCn2ccnc2)cc1. The van der Waals surface area contributed by atoms with Crippen LogP contribution in [0.15, 0.2) is 49.1 Å². The van der Waals surface area contributed by atoms with Crippen molar-refractivity contribution in [2.24, 2.45) is 0 Å². The minimum absolute atomic E-state index is 0.766. The lowest BCUT2D eigenvalue weighted by Crippen LogP contribution is -1.89. The Labute approximate surface area is 93.8 Å². The van der Waals surface area contributed by atoms with E-state index in [1.165, 1.54) is 0 Å². The molecule has 2 rings (SSSR count). The van der Waals surface area contributed by atoms with Gasteiger partial charge in [0.2, 0.25) is 0 Å². The van der Waals surface area contributed by atoms with Gasteiger partial charge < -0.3 is 4.57 Å². The second-order valence-corrected chi connectivity index (χ2v) is 3.65.